The van der Waals surface area contributed by atoms with Crippen molar-refractivity contribution in [2.45, 2.75) is 0 Å². The van der Waals surface area contributed by atoms with Gasteiger partial charge in [-0.15, -0.1) is 0 Å². The summed E-state index contributed by atoms with van der Waals surface area (Å²) in [5, 5.41) is 7.52. The Kier molecular flexibility index (Phi) is 24.7. The van der Waals surface area contributed by atoms with Gasteiger partial charge >= 0.3 is 0 Å². The highest BCUT2D eigenvalue weighted by molar-refractivity contribution is 6.03. The normalized spacial score (nSPS) is 11.0. The zero-order valence-corrected chi connectivity index (χ0v) is 74.7. The molecule has 0 N–H and O–H groups in total. The highest BCUT2D eigenvalue weighted by Gasteiger charge is 2.20. The SMILES string of the molecule is c1ccc(-c2ccc(N(c3ccc(-c4ccccc4)cc3)c3ccc(-c4cccc5ccc(-c6ccccc6)cc45)cc3)cc2)cc1.c1ccc(-c2ccc(N(c3ccccc3)c3ccc(-c4ccc(-c5cccc6ccc(-c7ccccc7)cc56)cc4)cc3)cc2)cc1.c1ccc(-c2ccc(N(c3ccccc3)c3ccc(-c4cccc5ccc(-c6ccccc6)cc45)cc3)cc2)cc1. The first-order chi connectivity index (χ1) is 66.9. The van der Waals surface area contributed by atoms with Crippen molar-refractivity contribution in [2.75, 3.05) is 14.7 Å². The maximum absolute atomic E-state index is 2.34. The first kappa shape index (κ1) is 84.1. The number of hydrogen-bond acceptors (Lipinski definition) is 3. The molecule has 0 radical (unpaired) electrons. The lowest BCUT2D eigenvalue weighted by Crippen LogP contribution is -2.09. The van der Waals surface area contributed by atoms with E-state index < -0.39 is 0 Å². The molecule has 3 heteroatoms. The number of fused-ring (bicyclic) bond motifs is 3. The number of hydrogen-bond donors (Lipinski definition) is 0. The van der Waals surface area contributed by atoms with E-state index in [4.69, 9.17) is 0 Å². The summed E-state index contributed by atoms with van der Waals surface area (Å²) in [4.78, 5) is 6.96. The minimum absolute atomic E-state index is 1.11. The van der Waals surface area contributed by atoms with Gasteiger partial charge in [0.2, 0.25) is 0 Å². The second-order valence-corrected chi connectivity index (χ2v) is 33.9. The van der Waals surface area contributed by atoms with E-state index in [0.29, 0.717) is 0 Å². The predicted molar refractivity (Wildman–Crippen MR) is 576 cm³/mol. The van der Waals surface area contributed by atoms with Gasteiger partial charge in [-0.1, -0.05) is 449 Å². The van der Waals surface area contributed by atoms with E-state index >= 15 is 0 Å². The summed E-state index contributed by atoms with van der Waals surface area (Å²) in [6, 6.07) is 206. The molecule has 0 amide bonds. The van der Waals surface area contributed by atoms with E-state index in [1.165, 1.54) is 155 Å². The van der Waals surface area contributed by atoms with Crippen LogP contribution in [0.1, 0.15) is 0 Å². The summed E-state index contributed by atoms with van der Waals surface area (Å²) in [6.07, 6.45) is 0. The van der Waals surface area contributed by atoms with Gasteiger partial charge in [0.05, 0.1) is 0 Å². The zero-order valence-electron chi connectivity index (χ0n) is 74.7. The van der Waals surface area contributed by atoms with Crippen LogP contribution >= 0.6 is 0 Å². The van der Waals surface area contributed by atoms with Gasteiger partial charge in [-0.25, -0.2) is 0 Å². The van der Waals surface area contributed by atoms with Crippen molar-refractivity contribution in [3.05, 3.63) is 576 Å². The minimum atomic E-state index is 1.11. The van der Waals surface area contributed by atoms with Crippen LogP contribution in [0.25, 0.3) is 155 Å². The van der Waals surface area contributed by atoms with Crippen LogP contribution in [0.3, 0.4) is 0 Å². The highest BCUT2D eigenvalue weighted by atomic mass is 15.2. The molecule has 0 unspecified atom stereocenters. The largest absolute Gasteiger partial charge is 0.311 e. The van der Waals surface area contributed by atoms with E-state index in [1.54, 1.807) is 0 Å². The van der Waals surface area contributed by atoms with Crippen LogP contribution in [0.2, 0.25) is 0 Å². The zero-order chi connectivity index (χ0) is 90.3. The molecule has 0 spiro atoms. The number of anilines is 9. The monoisotopic (exact) mass is 1720 g/mol. The number of para-hydroxylation sites is 2. The van der Waals surface area contributed by atoms with Gasteiger partial charge in [0.25, 0.3) is 0 Å². The van der Waals surface area contributed by atoms with Gasteiger partial charge in [0.1, 0.15) is 0 Å². The first-order valence-corrected chi connectivity index (χ1v) is 46.2. The third-order valence-electron chi connectivity index (χ3n) is 25.5. The number of nitrogens with zero attached hydrogens (tertiary/aromatic N) is 3. The Hall–Kier alpha value is -17.8. The molecule has 0 saturated carbocycles. The second-order valence-electron chi connectivity index (χ2n) is 33.9. The minimum Gasteiger partial charge on any atom is -0.311 e. The molecular weight excluding hydrogens is 1630 g/mol. The molecule has 23 aromatic carbocycles. The standard InChI is InChI=1S/2C46H33N.C40H29N/c1-4-11-34(12-5-1)37-25-29-43(30-26-37)47(42-16-8-3-9-17-42)44-31-27-38(28-32-44)36-19-21-40(22-20-36)45-18-10-15-39-23-24-41(33-46(39)45)35-13-6-2-7-14-35;1-4-11-34(12-5-1)37-21-27-42(28-22-37)47(43-29-23-38(24-30-43)35-13-6-2-7-14-35)44-31-25-40(26-32-44)45-18-10-17-39-19-20-41(33-46(39)45)36-15-8-3-9-16-36;1-4-11-30(12-5-1)32-21-25-37(26-22-32)41(36-16-8-3-9-17-36)38-27-23-34(24-28-38)39-18-10-15-33-19-20-35(29-40(33)39)31-13-6-2-7-14-31/h2*1-33H;1-29H. The Morgan fingerprint density at radius 3 is 0.430 bits per heavy atom. The predicted octanol–water partition coefficient (Wildman–Crippen LogP) is 37.3. The fourth-order valence-electron chi connectivity index (χ4n) is 18.5. The van der Waals surface area contributed by atoms with Crippen LogP contribution in [-0.2, 0) is 0 Å². The van der Waals surface area contributed by atoms with Crippen molar-refractivity contribution in [3.8, 4) is 122 Å². The van der Waals surface area contributed by atoms with E-state index in [2.05, 4.69) is 591 Å². The van der Waals surface area contributed by atoms with Crippen LogP contribution < -0.4 is 14.7 Å². The summed E-state index contributed by atoms with van der Waals surface area (Å²) in [7, 11) is 0. The molecule has 135 heavy (non-hydrogen) atoms. The maximum atomic E-state index is 2.34. The fourth-order valence-corrected chi connectivity index (χ4v) is 18.5. The van der Waals surface area contributed by atoms with Crippen LogP contribution in [0.5, 0.6) is 0 Å². The highest BCUT2D eigenvalue weighted by Crippen LogP contribution is 2.45. The Balaban J connectivity index is 0.000000122. The van der Waals surface area contributed by atoms with E-state index in [1.807, 2.05) is 0 Å². The van der Waals surface area contributed by atoms with Gasteiger partial charge < -0.3 is 14.7 Å². The van der Waals surface area contributed by atoms with Gasteiger partial charge in [-0.2, -0.15) is 0 Å². The molecule has 0 aliphatic rings. The summed E-state index contributed by atoms with van der Waals surface area (Å²) in [6.45, 7) is 0. The van der Waals surface area contributed by atoms with Crippen molar-refractivity contribution in [2.24, 2.45) is 0 Å². The molecule has 0 fully saturated rings. The topological polar surface area (TPSA) is 9.72 Å². The van der Waals surface area contributed by atoms with Crippen molar-refractivity contribution >= 4 is 83.5 Å². The fraction of sp³-hybridized carbons (Fsp3) is 0. The van der Waals surface area contributed by atoms with E-state index in [-0.39, 0.29) is 0 Å². The third kappa shape index (κ3) is 18.9. The average molecular weight is 1720 g/mol. The first-order valence-electron chi connectivity index (χ1n) is 46.2. The molecule has 0 aliphatic heterocycles. The Labute approximate surface area is 791 Å². The lowest BCUT2D eigenvalue weighted by molar-refractivity contribution is 1.28. The van der Waals surface area contributed by atoms with Crippen LogP contribution in [0, 0.1) is 0 Å². The molecule has 0 bridgehead atoms. The molecular formula is C132H95N3. The molecule has 638 valence electrons. The summed E-state index contributed by atoms with van der Waals surface area (Å²) in [5.41, 5.74) is 36.9. The second kappa shape index (κ2) is 39.7. The molecule has 0 saturated heterocycles. The summed E-state index contributed by atoms with van der Waals surface area (Å²) >= 11 is 0. The van der Waals surface area contributed by atoms with Crippen LogP contribution in [0.4, 0.5) is 51.2 Å². The summed E-state index contributed by atoms with van der Waals surface area (Å²) < 4.78 is 0. The molecule has 0 aliphatic carbocycles. The van der Waals surface area contributed by atoms with Gasteiger partial charge in [-0.05, 0) is 282 Å². The Morgan fingerprint density at radius 2 is 0.230 bits per heavy atom. The van der Waals surface area contributed by atoms with E-state index in [0.717, 1.165) is 51.2 Å². The van der Waals surface area contributed by atoms with Crippen LogP contribution in [0.15, 0.2) is 576 Å². The molecule has 0 heterocycles. The number of rotatable bonds is 20. The molecule has 23 rings (SSSR count). The van der Waals surface area contributed by atoms with Crippen molar-refractivity contribution in [3.63, 3.8) is 0 Å². The lowest BCUT2D eigenvalue weighted by Gasteiger charge is -2.26. The quantitative estimate of drug-likeness (QED) is 0.0753. The third-order valence-corrected chi connectivity index (χ3v) is 25.5. The van der Waals surface area contributed by atoms with Crippen molar-refractivity contribution in [1.82, 2.24) is 0 Å². The van der Waals surface area contributed by atoms with E-state index in [9.17, 15) is 0 Å². The summed E-state index contributed by atoms with van der Waals surface area (Å²) in [5.74, 6) is 0. The van der Waals surface area contributed by atoms with Crippen molar-refractivity contribution in [1.29, 1.82) is 0 Å². The van der Waals surface area contributed by atoms with Gasteiger partial charge in [0, 0.05) is 51.2 Å². The lowest BCUT2D eigenvalue weighted by atomic mass is 9.94. The Bertz CT molecular complexity index is 7790. The average Bonchev–Trinajstić information content (AvgIpc) is 0.787. The van der Waals surface area contributed by atoms with Gasteiger partial charge in [0.15, 0.2) is 0 Å². The molecule has 3 nitrogen and oxygen atoms in total. The van der Waals surface area contributed by atoms with Crippen LogP contribution in [-0.4, -0.2) is 0 Å². The molecule has 23 aromatic rings. The Morgan fingerprint density at radius 1 is 0.0889 bits per heavy atom. The smallest absolute Gasteiger partial charge is 0.0462 e. The molecule has 0 aromatic heterocycles. The number of benzene rings is 23. The molecule has 0 atom stereocenters. The van der Waals surface area contributed by atoms with Gasteiger partial charge in [-0.3, -0.25) is 0 Å². The maximum Gasteiger partial charge on any atom is 0.0462 e. The van der Waals surface area contributed by atoms with Crippen molar-refractivity contribution < 1.29 is 0 Å².